The van der Waals surface area contributed by atoms with Gasteiger partial charge in [-0.05, 0) is 51.0 Å². The van der Waals surface area contributed by atoms with Crippen molar-refractivity contribution in [1.29, 1.82) is 5.26 Å². The molecule has 2 heterocycles. The summed E-state index contributed by atoms with van der Waals surface area (Å²) in [7, 11) is 0. The number of hydrogen-bond acceptors (Lipinski definition) is 5. The van der Waals surface area contributed by atoms with E-state index in [0.29, 0.717) is 17.3 Å². The second-order valence-electron chi connectivity index (χ2n) is 5.52. The predicted molar refractivity (Wildman–Crippen MR) is 88.4 cm³/mol. The normalized spacial score (nSPS) is 18.0. The topological polar surface area (TPSA) is 70.1 Å². The number of nitrogens with zero attached hydrogens (tertiary/aromatic N) is 3. The number of rotatable bonds is 3. The van der Waals surface area contributed by atoms with Gasteiger partial charge in [-0.1, -0.05) is 11.8 Å². The first-order valence-electron chi connectivity index (χ1n) is 7.50. The molecule has 0 aliphatic carbocycles. The smallest absolute Gasteiger partial charge is 0.256 e. The van der Waals surface area contributed by atoms with E-state index in [1.165, 1.54) is 11.8 Å². The minimum Gasteiger partial charge on any atom is -0.437 e. The van der Waals surface area contributed by atoms with Crippen LogP contribution in [0.5, 0.6) is 0 Å². The molecular formula is C17H17N3O2S. The highest BCUT2D eigenvalue weighted by Gasteiger charge is 2.31. The molecule has 1 aromatic heterocycles. The molecule has 1 aliphatic heterocycles. The molecule has 23 heavy (non-hydrogen) atoms. The minimum atomic E-state index is -0.183. The van der Waals surface area contributed by atoms with Crippen molar-refractivity contribution in [2.45, 2.75) is 37.2 Å². The van der Waals surface area contributed by atoms with E-state index in [-0.39, 0.29) is 11.2 Å². The van der Waals surface area contributed by atoms with Crippen LogP contribution in [0.2, 0.25) is 0 Å². The van der Waals surface area contributed by atoms with Crippen LogP contribution in [0, 0.1) is 25.2 Å². The molecule has 5 nitrogen and oxygen atoms in total. The van der Waals surface area contributed by atoms with E-state index in [9.17, 15) is 4.79 Å². The van der Waals surface area contributed by atoms with E-state index in [1.54, 1.807) is 17.0 Å². The average molecular weight is 327 g/mol. The SMILES string of the molecule is Cc1nc(S[C@H]2CCCN(c3ccc(C#N)cc3)C2=O)oc1C. The third kappa shape index (κ3) is 3.25. The van der Waals surface area contributed by atoms with Crippen molar-refractivity contribution < 1.29 is 9.21 Å². The molecular weight excluding hydrogens is 310 g/mol. The van der Waals surface area contributed by atoms with Gasteiger partial charge in [0.1, 0.15) is 5.76 Å². The first-order valence-corrected chi connectivity index (χ1v) is 8.38. The third-order valence-corrected chi connectivity index (χ3v) is 5.05. The monoisotopic (exact) mass is 327 g/mol. The summed E-state index contributed by atoms with van der Waals surface area (Å²) < 4.78 is 5.58. The van der Waals surface area contributed by atoms with Gasteiger partial charge >= 0.3 is 0 Å². The summed E-state index contributed by atoms with van der Waals surface area (Å²) >= 11 is 1.39. The number of hydrogen-bond donors (Lipinski definition) is 0. The highest BCUT2D eigenvalue weighted by molar-refractivity contribution is 8.00. The maximum Gasteiger partial charge on any atom is 0.256 e. The van der Waals surface area contributed by atoms with E-state index in [1.807, 2.05) is 26.0 Å². The Bertz CT molecular complexity index is 742. The number of nitriles is 1. The molecule has 0 saturated carbocycles. The third-order valence-electron chi connectivity index (χ3n) is 3.95. The van der Waals surface area contributed by atoms with Crippen molar-refractivity contribution in [3.8, 4) is 6.07 Å². The Morgan fingerprint density at radius 2 is 2.09 bits per heavy atom. The molecule has 1 aromatic carbocycles. The number of aryl methyl sites for hydroxylation is 2. The lowest BCUT2D eigenvalue weighted by atomic mass is 10.1. The maximum absolute atomic E-state index is 12.7. The molecule has 3 rings (SSSR count). The van der Waals surface area contributed by atoms with E-state index in [4.69, 9.17) is 9.68 Å². The number of carbonyl (C=O) groups excluding carboxylic acids is 1. The van der Waals surface area contributed by atoms with Gasteiger partial charge in [0.05, 0.1) is 22.6 Å². The fourth-order valence-corrected chi connectivity index (χ4v) is 3.66. The largest absolute Gasteiger partial charge is 0.437 e. The summed E-state index contributed by atoms with van der Waals surface area (Å²) in [6, 6.07) is 9.21. The molecule has 1 saturated heterocycles. The molecule has 1 aliphatic rings. The number of anilines is 1. The van der Waals surface area contributed by atoms with Gasteiger partial charge in [-0.25, -0.2) is 4.98 Å². The summed E-state index contributed by atoms with van der Waals surface area (Å²) in [6.45, 7) is 4.47. The van der Waals surface area contributed by atoms with Crippen LogP contribution in [0.15, 0.2) is 33.9 Å². The number of thioether (sulfide) groups is 1. The van der Waals surface area contributed by atoms with Crippen LogP contribution in [-0.4, -0.2) is 22.7 Å². The average Bonchev–Trinajstić information content (AvgIpc) is 2.87. The number of oxazole rings is 1. The summed E-state index contributed by atoms with van der Waals surface area (Å²) in [5.74, 6) is 0.860. The van der Waals surface area contributed by atoms with Crippen LogP contribution in [0.1, 0.15) is 29.9 Å². The number of amides is 1. The molecule has 6 heteroatoms. The summed E-state index contributed by atoms with van der Waals surface area (Å²) in [6.07, 6.45) is 1.75. The summed E-state index contributed by atoms with van der Waals surface area (Å²) in [5.41, 5.74) is 2.29. The Kier molecular flexibility index (Phi) is 4.39. The first-order chi connectivity index (χ1) is 11.1. The van der Waals surface area contributed by atoms with Crippen molar-refractivity contribution in [2.75, 3.05) is 11.4 Å². The molecule has 0 radical (unpaired) electrons. The van der Waals surface area contributed by atoms with Crippen LogP contribution < -0.4 is 4.90 Å². The molecule has 1 fully saturated rings. The van der Waals surface area contributed by atoms with Gasteiger partial charge in [0, 0.05) is 12.2 Å². The maximum atomic E-state index is 12.7. The highest BCUT2D eigenvalue weighted by Crippen LogP contribution is 2.32. The molecule has 1 amide bonds. The molecule has 0 spiro atoms. The van der Waals surface area contributed by atoms with Gasteiger partial charge < -0.3 is 9.32 Å². The van der Waals surface area contributed by atoms with Crippen LogP contribution in [-0.2, 0) is 4.79 Å². The van der Waals surface area contributed by atoms with Crippen molar-refractivity contribution in [3.63, 3.8) is 0 Å². The fraction of sp³-hybridized carbons (Fsp3) is 0.353. The summed E-state index contributed by atoms with van der Waals surface area (Å²) in [4.78, 5) is 18.9. The Hall–Kier alpha value is -2.26. The van der Waals surface area contributed by atoms with Crippen LogP contribution in [0.4, 0.5) is 5.69 Å². The van der Waals surface area contributed by atoms with E-state index in [0.717, 1.165) is 30.0 Å². The Morgan fingerprint density at radius 3 is 2.70 bits per heavy atom. The van der Waals surface area contributed by atoms with Gasteiger partial charge in [-0.3, -0.25) is 4.79 Å². The van der Waals surface area contributed by atoms with Gasteiger partial charge in [0.15, 0.2) is 0 Å². The fourth-order valence-electron chi connectivity index (χ4n) is 2.54. The van der Waals surface area contributed by atoms with E-state index in [2.05, 4.69) is 11.1 Å². The number of benzene rings is 1. The minimum absolute atomic E-state index is 0.0689. The number of carbonyl (C=O) groups is 1. The van der Waals surface area contributed by atoms with Crippen LogP contribution in [0.25, 0.3) is 0 Å². The van der Waals surface area contributed by atoms with Crippen molar-refractivity contribution in [2.24, 2.45) is 0 Å². The number of piperidine rings is 1. The molecule has 2 aromatic rings. The molecule has 0 bridgehead atoms. The lowest BCUT2D eigenvalue weighted by Gasteiger charge is -2.31. The zero-order valence-corrected chi connectivity index (χ0v) is 13.9. The van der Waals surface area contributed by atoms with Crippen molar-refractivity contribution in [1.82, 2.24) is 4.98 Å². The Labute approximate surface area is 139 Å². The predicted octanol–water partition coefficient (Wildman–Crippen LogP) is 3.45. The van der Waals surface area contributed by atoms with Gasteiger partial charge in [-0.2, -0.15) is 5.26 Å². The standard InChI is InChI=1S/C17H17N3O2S/c1-11-12(2)22-17(19-11)23-15-4-3-9-20(16(15)21)14-7-5-13(10-18)6-8-14/h5-8,15H,3-4,9H2,1-2H3/t15-/m0/s1. The lowest BCUT2D eigenvalue weighted by Crippen LogP contribution is -2.42. The van der Waals surface area contributed by atoms with Gasteiger partial charge in [-0.15, -0.1) is 0 Å². The lowest BCUT2D eigenvalue weighted by molar-refractivity contribution is -0.119. The van der Waals surface area contributed by atoms with Crippen molar-refractivity contribution >= 4 is 23.4 Å². The zero-order valence-electron chi connectivity index (χ0n) is 13.1. The second kappa shape index (κ2) is 6.47. The van der Waals surface area contributed by atoms with Crippen LogP contribution >= 0.6 is 11.8 Å². The van der Waals surface area contributed by atoms with E-state index >= 15 is 0 Å². The molecule has 1 atom stereocenters. The molecule has 118 valence electrons. The van der Waals surface area contributed by atoms with E-state index < -0.39 is 0 Å². The van der Waals surface area contributed by atoms with Gasteiger partial charge in [0.2, 0.25) is 5.91 Å². The number of aromatic nitrogens is 1. The van der Waals surface area contributed by atoms with Gasteiger partial charge in [0.25, 0.3) is 5.22 Å². The second-order valence-corrected chi connectivity index (χ2v) is 6.67. The van der Waals surface area contributed by atoms with Crippen molar-refractivity contribution in [3.05, 3.63) is 41.3 Å². The first kappa shape index (κ1) is 15.6. The Balaban J connectivity index is 1.76. The zero-order chi connectivity index (χ0) is 16.4. The quantitative estimate of drug-likeness (QED) is 0.863. The molecule has 0 N–H and O–H groups in total. The molecule has 0 unspecified atom stereocenters. The highest BCUT2D eigenvalue weighted by atomic mass is 32.2. The summed E-state index contributed by atoms with van der Waals surface area (Å²) in [5, 5.41) is 9.24. The Morgan fingerprint density at radius 1 is 1.35 bits per heavy atom. The van der Waals surface area contributed by atoms with Crippen LogP contribution in [0.3, 0.4) is 0 Å².